The maximum Gasteiger partial charge on any atom is 0.145 e. The highest BCUT2D eigenvalue weighted by Crippen LogP contribution is 2.20. The summed E-state index contributed by atoms with van der Waals surface area (Å²) in [6.45, 7) is 10.5. The number of aliphatic carboxylic acids is 1. The van der Waals surface area contributed by atoms with Crippen LogP contribution in [-0.4, -0.2) is 35.2 Å². The molecular weight excluding hydrogens is 290 g/mol. The number of carboxylic acid groups (broad SMARTS) is 1. The first kappa shape index (κ1) is 22.0. The average Bonchev–Trinajstić information content (AvgIpc) is 2.49. The molecule has 0 amide bonds. The molecule has 4 nitrogen and oxygen atoms in total. The van der Waals surface area contributed by atoms with Gasteiger partial charge < -0.3 is 15.0 Å². The van der Waals surface area contributed by atoms with E-state index < -0.39 is 11.9 Å². The summed E-state index contributed by atoms with van der Waals surface area (Å²) in [6.07, 6.45) is 9.60. The molecule has 0 rings (SSSR count). The predicted octanol–water partition coefficient (Wildman–Crippen LogP) is 3.77. The van der Waals surface area contributed by atoms with Crippen molar-refractivity contribution in [3.63, 3.8) is 0 Å². The van der Waals surface area contributed by atoms with Crippen LogP contribution < -0.4 is 5.11 Å². The second kappa shape index (κ2) is 12.4. The molecule has 0 aromatic carbocycles. The summed E-state index contributed by atoms with van der Waals surface area (Å²) in [5.41, 5.74) is 0. The summed E-state index contributed by atoms with van der Waals surface area (Å²) in [6, 6.07) is 0. The highest BCUT2D eigenvalue weighted by atomic mass is 16.4. The second-order valence-corrected chi connectivity index (χ2v) is 6.70. The molecule has 0 aliphatic carbocycles. The maximum atomic E-state index is 11.3. The molecule has 136 valence electrons. The van der Waals surface area contributed by atoms with E-state index >= 15 is 0 Å². The molecule has 1 unspecified atom stereocenters. The van der Waals surface area contributed by atoms with Crippen molar-refractivity contribution >= 4 is 5.97 Å². The van der Waals surface area contributed by atoms with E-state index in [4.69, 9.17) is 0 Å². The standard InChI is InChI=1S/C19H37NO3/c1-5-9-10-11-12-18(21)16-20(13-6-2,14-7-3)15-17(8-4)19(22)23/h16-17H,5-15H2,1-4H3,(H-,21,22,23)/b18-16-. The Morgan fingerprint density at radius 2 is 1.65 bits per heavy atom. The third-order valence-corrected chi connectivity index (χ3v) is 4.46. The van der Waals surface area contributed by atoms with Gasteiger partial charge >= 0.3 is 0 Å². The number of allylic oxidation sites excluding steroid dienone is 1. The summed E-state index contributed by atoms with van der Waals surface area (Å²) in [5, 5.41) is 21.7. The minimum atomic E-state index is -0.974. The number of quaternary nitrogens is 1. The topological polar surface area (TPSA) is 60.4 Å². The van der Waals surface area contributed by atoms with Gasteiger partial charge in [0.05, 0.1) is 25.6 Å². The van der Waals surface area contributed by atoms with Crippen LogP contribution in [0.15, 0.2) is 12.0 Å². The van der Waals surface area contributed by atoms with Crippen molar-refractivity contribution in [2.24, 2.45) is 5.92 Å². The lowest BCUT2D eigenvalue weighted by Gasteiger charge is -2.38. The fourth-order valence-corrected chi connectivity index (χ4v) is 3.29. The van der Waals surface area contributed by atoms with Crippen molar-refractivity contribution < 1.29 is 19.5 Å². The molecule has 0 saturated carbocycles. The fourth-order valence-electron chi connectivity index (χ4n) is 3.29. The largest absolute Gasteiger partial charge is 0.550 e. The number of unbranched alkanes of at least 4 members (excludes halogenated alkanes) is 3. The first-order valence-corrected chi connectivity index (χ1v) is 9.41. The third kappa shape index (κ3) is 8.99. The van der Waals surface area contributed by atoms with Crippen LogP contribution in [0.2, 0.25) is 0 Å². The maximum absolute atomic E-state index is 11.3. The number of carbonyl (C=O) groups excluding carboxylic acids is 1. The summed E-state index contributed by atoms with van der Waals surface area (Å²) in [5.74, 6) is -1.02. The van der Waals surface area contributed by atoms with Gasteiger partial charge in [0.15, 0.2) is 0 Å². The van der Waals surface area contributed by atoms with Gasteiger partial charge in [-0.1, -0.05) is 47.0 Å². The quantitative estimate of drug-likeness (QED) is 0.300. The lowest BCUT2D eigenvalue weighted by molar-refractivity contribution is -0.883. The van der Waals surface area contributed by atoms with Gasteiger partial charge in [0.25, 0.3) is 0 Å². The van der Waals surface area contributed by atoms with E-state index in [1.807, 2.05) is 13.1 Å². The Bertz CT molecular complexity index is 347. The second-order valence-electron chi connectivity index (χ2n) is 6.70. The normalized spacial score (nSPS) is 14.0. The van der Waals surface area contributed by atoms with E-state index in [-0.39, 0.29) is 0 Å². The minimum Gasteiger partial charge on any atom is -0.550 e. The number of aliphatic hydroxyl groups is 1. The zero-order valence-corrected chi connectivity index (χ0v) is 15.6. The first-order valence-electron chi connectivity index (χ1n) is 9.41. The number of carboxylic acids is 1. The third-order valence-electron chi connectivity index (χ3n) is 4.46. The zero-order valence-electron chi connectivity index (χ0n) is 15.6. The van der Waals surface area contributed by atoms with Crippen molar-refractivity contribution in [1.29, 1.82) is 0 Å². The molecule has 0 fully saturated rings. The SMILES string of the molecule is CCCCCC/C(O)=C/[N+](CCC)(CCC)CC(CC)C(=O)[O-]. The molecule has 0 aliphatic heterocycles. The number of hydrogen-bond acceptors (Lipinski definition) is 3. The number of aliphatic hydroxyl groups excluding tert-OH is 1. The van der Waals surface area contributed by atoms with E-state index in [9.17, 15) is 15.0 Å². The van der Waals surface area contributed by atoms with Gasteiger partial charge in [-0.15, -0.1) is 0 Å². The highest BCUT2D eigenvalue weighted by molar-refractivity contribution is 5.67. The summed E-state index contributed by atoms with van der Waals surface area (Å²) < 4.78 is 0.555. The number of carbonyl (C=O) groups is 1. The molecule has 0 aromatic heterocycles. The Hall–Kier alpha value is -1.03. The molecule has 0 aromatic rings. The molecule has 1 atom stereocenters. The molecule has 0 heterocycles. The molecule has 0 radical (unpaired) electrons. The van der Waals surface area contributed by atoms with Crippen molar-refractivity contribution in [2.45, 2.75) is 79.1 Å². The lowest BCUT2D eigenvalue weighted by Crippen LogP contribution is -2.51. The summed E-state index contributed by atoms with van der Waals surface area (Å²) in [7, 11) is 0. The van der Waals surface area contributed by atoms with E-state index in [0.29, 0.717) is 29.6 Å². The van der Waals surface area contributed by atoms with Crippen LogP contribution in [0.3, 0.4) is 0 Å². The zero-order chi connectivity index (χ0) is 17.7. The monoisotopic (exact) mass is 327 g/mol. The number of nitrogens with zero attached hydrogens (tertiary/aromatic N) is 1. The molecule has 0 saturated heterocycles. The molecule has 23 heavy (non-hydrogen) atoms. The van der Waals surface area contributed by atoms with Crippen LogP contribution in [0.5, 0.6) is 0 Å². The number of hydrogen-bond donors (Lipinski definition) is 1. The van der Waals surface area contributed by atoms with Crippen molar-refractivity contribution in [3.05, 3.63) is 12.0 Å². The van der Waals surface area contributed by atoms with Gasteiger partial charge in [-0.05, 0) is 25.7 Å². The van der Waals surface area contributed by atoms with Crippen LogP contribution >= 0.6 is 0 Å². The molecule has 0 bridgehead atoms. The van der Waals surface area contributed by atoms with Crippen molar-refractivity contribution in [3.8, 4) is 0 Å². The van der Waals surface area contributed by atoms with Gasteiger partial charge in [-0.2, -0.15) is 0 Å². The Balaban J connectivity index is 5.10. The molecule has 0 spiro atoms. The van der Waals surface area contributed by atoms with E-state index in [1.165, 1.54) is 12.8 Å². The highest BCUT2D eigenvalue weighted by Gasteiger charge is 2.29. The van der Waals surface area contributed by atoms with E-state index in [0.717, 1.165) is 38.8 Å². The molecule has 4 heteroatoms. The smallest absolute Gasteiger partial charge is 0.145 e. The van der Waals surface area contributed by atoms with Gasteiger partial charge in [0.1, 0.15) is 12.0 Å². The predicted molar refractivity (Wildman–Crippen MR) is 93.7 cm³/mol. The van der Waals surface area contributed by atoms with Gasteiger partial charge in [0, 0.05) is 12.3 Å². The van der Waals surface area contributed by atoms with E-state index in [1.54, 1.807) is 0 Å². The van der Waals surface area contributed by atoms with Gasteiger partial charge in [-0.25, -0.2) is 0 Å². The molecule has 0 aliphatic rings. The van der Waals surface area contributed by atoms with Gasteiger partial charge in [0.2, 0.25) is 0 Å². The van der Waals surface area contributed by atoms with Crippen LogP contribution in [0.25, 0.3) is 0 Å². The Labute approximate surface area is 142 Å². The van der Waals surface area contributed by atoms with E-state index in [2.05, 4.69) is 20.8 Å². The van der Waals surface area contributed by atoms with Crippen LogP contribution in [0, 0.1) is 5.92 Å². The Morgan fingerprint density at radius 3 is 2.09 bits per heavy atom. The fraction of sp³-hybridized carbons (Fsp3) is 0.842. The van der Waals surface area contributed by atoms with Crippen LogP contribution in [-0.2, 0) is 4.79 Å². The summed E-state index contributed by atoms with van der Waals surface area (Å²) >= 11 is 0. The van der Waals surface area contributed by atoms with Crippen LogP contribution in [0.1, 0.15) is 79.1 Å². The van der Waals surface area contributed by atoms with Gasteiger partial charge in [-0.3, -0.25) is 4.48 Å². The molecule has 1 N–H and O–H groups in total. The average molecular weight is 328 g/mol. The van der Waals surface area contributed by atoms with Crippen molar-refractivity contribution in [1.82, 2.24) is 0 Å². The Kier molecular flexibility index (Phi) is 11.8. The number of rotatable bonds is 14. The van der Waals surface area contributed by atoms with Crippen molar-refractivity contribution in [2.75, 3.05) is 19.6 Å². The minimum absolute atomic E-state index is 0.413. The van der Waals surface area contributed by atoms with Crippen LogP contribution in [0.4, 0.5) is 0 Å². The summed E-state index contributed by atoms with van der Waals surface area (Å²) in [4.78, 5) is 11.3. The molecular formula is C19H37NO3. The Morgan fingerprint density at radius 1 is 1.04 bits per heavy atom. The first-order chi connectivity index (χ1) is 10.9. The lowest BCUT2D eigenvalue weighted by atomic mass is 10.0.